The molecular weight excluding hydrogens is 238 g/mol. The molecule has 0 aliphatic carbocycles. The minimum absolute atomic E-state index is 0.148. The van der Waals surface area contributed by atoms with Crippen molar-refractivity contribution in [3.63, 3.8) is 0 Å². The Hall–Kier alpha value is -2.12. The van der Waals surface area contributed by atoms with Crippen LogP contribution in [0.25, 0.3) is 11.0 Å². The molecule has 0 saturated heterocycles. The summed E-state index contributed by atoms with van der Waals surface area (Å²) in [6.45, 7) is 1.58. The Kier molecular flexibility index (Phi) is 3.22. The highest BCUT2D eigenvalue weighted by atomic mass is 35.5. The average Bonchev–Trinajstić information content (AvgIpc) is 2.30. The molecule has 0 aliphatic heterocycles. The van der Waals surface area contributed by atoms with Gasteiger partial charge in [-0.05, 0) is 25.0 Å². The van der Waals surface area contributed by atoms with Crippen LogP contribution in [0.4, 0.5) is 5.82 Å². The van der Waals surface area contributed by atoms with E-state index in [0.717, 1.165) is 0 Å². The third kappa shape index (κ3) is 2.52. The number of hydrogen-bond acceptors (Lipinski definition) is 3. The molecule has 0 bridgehead atoms. The van der Waals surface area contributed by atoms with Gasteiger partial charge in [-0.3, -0.25) is 10.1 Å². The van der Waals surface area contributed by atoms with E-state index >= 15 is 0 Å². The summed E-state index contributed by atoms with van der Waals surface area (Å²) in [6.07, 6.45) is 0. The standard InChI is InChI=1S/C12H8ClN3O/c1-2-5-10(17)16-12-11(13)14-8-6-3-4-7-9(8)15-12/h3-4,6-7H,1H3,(H,15,16,17). The van der Waals surface area contributed by atoms with Crippen molar-refractivity contribution < 1.29 is 4.79 Å². The molecule has 84 valence electrons. The third-order valence-electron chi connectivity index (χ3n) is 2.00. The molecular formula is C12H8ClN3O. The molecule has 1 heterocycles. The maximum absolute atomic E-state index is 11.3. The van der Waals surface area contributed by atoms with Crippen LogP contribution < -0.4 is 5.32 Å². The molecule has 1 aromatic carbocycles. The highest BCUT2D eigenvalue weighted by Gasteiger charge is 2.08. The van der Waals surface area contributed by atoms with Crippen LogP contribution in [0.3, 0.4) is 0 Å². The maximum Gasteiger partial charge on any atom is 0.301 e. The van der Waals surface area contributed by atoms with Crippen LogP contribution in [0.15, 0.2) is 24.3 Å². The van der Waals surface area contributed by atoms with E-state index in [-0.39, 0.29) is 11.0 Å². The number of carbonyl (C=O) groups is 1. The lowest BCUT2D eigenvalue weighted by Crippen LogP contribution is -2.11. The highest BCUT2D eigenvalue weighted by molar-refractivity contribution is 6.32. The van der Waals surface area contributed by atoms with Gasteiger partial charge in [0, 0.05) is 0 Å². The summed E-state index contributed by atoms with van der Waals surface area (Å²) in [6, 6.07) is 7.27. The first-order valence-corrected chi connectivity index (χ1v) is 5.24. The predicted molar refractivity (Wildman–Crippen MR) is 66.6 cm³/mol. The van der Waals surface area contributed by atoms with E-state index in [0.29, 0.717) is 11.0 Å². The minimum Gasteiger partial charge on any atom is -0.297 e. The molecule has 0 fully saturated rings. The van der Waals surface area contributed by atoms with Crippen molar-refractivity contribution >= 4 is 34.4 Å². The fraction of sp³-hybridized carbons (Fsp3) is 0.0833. The Bertz CT molecular complexity index is 643. The molecule has 0 unspecified atom stereocenters. The number of para-hydroxylation sites is 2. The van der Waals surface area contributed by atoms with Crippen molar-refractivity contribution in [3.05, 3.63) is 29.4 Å². The van der Waals surface area contributed by atoms with Crippen molar-refractivity contribution in [1.82, 2.24) is 9.97 Å². The van der Waals surface area contributed by atoms with Gasteiger partial charge < -0.3 is 0 Å². The molecule has 2 aromatic rings. The van der Waals surface area contributed by atoms with Crippen LogP contribution in [-0.4, -0.2) is 15.9 Å². The number of nitrogens with zero attached hydrogens (tertiary/aromatic N) is 2. The quantitative estimate of drug-likeness (QED) is 0.784. The van der Waals surface area contributed by atoms with Crippen molar-refractivity contribution in [2.24, 2.45) is 0 Å². The summed E-state index contributed by atoms with van der Waals surface area (Å²) < 4.78 is 0. The number of aromatic nitrogens is 2. The van der Waals surface area contributed by atoms with Gasteiger partial charge >= 0.3 is 5.91 Å². The number of nitrogens with one attached hydrogen (secondary N) is 1. The van der Waals surface area contributed by atoms with Crippen LogP contribution in [0.1, 0.15) is 6.92 Å². The first-order valence-electron chi connectivity index (χ1n) is 4.86. The molecule has 1 amide bonds. The van der Waals surface area contributed by atoms with Gasteiger partial charge in [-0.2, -0.15) is 0 Å². The second kappa shape index (κ2) is 4.81. The molecule has 17 heavy (non-hydrogen) atoms. The lowest BCUT2D eigenvalue weighted by atomic mass is 10.3. The Morgan fingerprint density at radius 2 is 1.94 bits per heavy atom. The topological polar surface area (TPSA) is 54.9 Å². The summed E-state index contributed by atoms with van der Waals surface area (Å²) in [5.41, 5.74) is 1.34. The Balaban J connectivity index is 2.43. The number of benzene rings is 1. The smallest absolute Gasteiger partial charge is 0.297 e. The molecule has 4 nitrogen and oxygen atoms in total. The van der Waals surface area contributed by atoms with Gasteiger partial charge in [-0.15, -0.1) is 0 Å². The van der Waals surface area contributed by atoms with E-state index in [1.165, 1.54) is 0 Å². The second-order valence-corrected chi connectivity index (χ2v) is 3.54. The van der Waals surface area contributed by atoms with Crippen molar-refractivity contribution in [3.8, 4) is 11.8 Å². The van der Waals surface area contributed by atoms with Gasteiger partial charge in [0.2, 0.25) is 0 Å². The third-order valence-corrected chi connectivity index (χ3v) is 2.26. The van der Waals surface area contributed by atoms with Crippen molar-refractivity contribution in [2.75, 3.05) is 5.32 Å². The molecule has 0 saturated carbocycles. The largest absolute Gasteiger partial charge is 0.301 e. The molecule has 0 atom stereocenters. The Morgan fingerprint density at radius 1 is 1.29 bits per heavy atom. The van der Waals surface area contributed by atoms with Gasteiger partial charge in [-0.25, -0.2) is 9.97 Å². The number of carbonyl (C=O) groups excluding carboxylic acids is 1. The van der Waals surface area contributed by atoms with E-state index < -0.39 is 5.91 Å². The molecule has 1 N–H and O–H groups in total. The number of fused-ring (bicyclic) bond motifs is 1. The zero-order valence-electron chi connectivity index (χ0n) is 8.99. The van der Waals surface area contributed by atoms with Gasteiger partial charge in [0.25, 0.3) is 0 Å². The van der Waals surface area contributed by atoms with Crippen LogP contribution >= 0.6 is 11.6 Å². The van der Waals surface area contributed by atoms with Gasteiger partial charge in [0.15, 0.2) is 11.0 Å². The lowest BCUT2D eigenvalue weighted by Gasteiger charge is -2.04. The number of halogens is 1. The first kappa shape index (κ1) is 11.4. The zero-order chi connectivity index (χ0) is 12.3. The minimum atomic E-state index is -0.459. The number of hydrogen-bond donors (Lipinski definition) is 1. The molecule has 0 spiro atoms. The second-order valence-electron chi connectivity index (χ2n) is 3.18. The number of anilines is 1. The summed E-state index contributed by atoms with van der Waals surface area (Å²) in [4.78, 5) is 19.6. The fourth-order valence-corrected chi connectivity index (χ4v) is 1.49. The predicted octanol–water partition coefficient (Wildman–Crippen LogP) is 2.25. The molecule has 0 radical (unpaired) electrons. The first-order chi connectivity index (χ1) is 8.20. The normalized spacial score (nSPS) is 9.53. The number of rotatable bonds is 1. The summed E-state index contributed by atoms with van der Waals surface area (Å²) in [5, 5.41) is 2.63. The van der Waals surface area contributed by atoms with E-state index in [4.69, 9.17) is 11.6 Å². The van der Waals surface area contributed by atoms with E-state index in [1.54, 1.807) is 19.1 Å². The van der Waals surface area contributed by atoms with Crippen LogP contribution in [0.2, 0.25) is 5.15 Å². The van der Waals surface area contributed by atoms with Gasteiger partial charge in [0.05, 0.1) is 11.0 Å². The van der Waals surface area contributed by atoms with E-state index in [1.807, 2.05) is 12.1 Å². The SMILES string of the molecule is CC#CC(=O)Nc1nc2ccccc2nc1Cl. The molecule has 2 rings (SSSR count). The van der Waals surface area contributed by atoms with Crippen LogP contribution in [-0.2, 0) is 4.79 Å². The molecule has 5 heteroatoms. The van der Waals surface area contributed by atoms with Gasteiger partial charge in [-0.1, -0.05) is 29.7 Å². The monoisotopic (exact) mass is 245 g/mol. The van der Waals surface area contributed by atoms with E-state index in [2.05, 4.69) is 27.1 Å². The zero-order valence-corrected chi connectivity index (χ0v) is 9.75. The highest BCUT2D eigenvalue weighted by Crippen LogP contribution is 2.20. The van der Waals surface area contributed by atoms with E-state index in [9.17, 15) is 4.79 Å². The van der Waals surface area contributed by atoms with Crippen LogP contribution in [0.5, 0.6) is 0 Å². The fourth-order valence-electron chi connectivity index (χ4n) is 1.31. The molecule has 1 aromatic heterocycles. The summed E-state index contributed by atoms with van der Waals surface area (Å²) in [5.74, 6) is 4.60. The number of amides is 1. The molecule has 0 aliphatic rings. The van der Waals surface area contributed by atoms with Crippen molar-refractivity contribution in [2.45, 2.75) is 6.92 Å². The van der Waals surface area contributed by atoms with Crippen LogP contribution in [0, 0.1) is 11.8 Å². The Labute approximate surface area is 103 Å². The Morgan fingerprint density at radius 3 is 2.59 bits per heavy atom. The average molecular weight is 246 g/mol. The van der Waals surface area contributed by atoms with Crippen molar-refractivity contribution in [1.29, 1.82) is 0 Å². The summed E-state index contributed by atoms with van der Waals surface area (Å²) in [7, 11) is 0. The van der Waals surface area contributed by atoms with Gasteiger partial charge in [0.1, 0.15) is 0 Å². The maximum atomic E-state index is 11.3. The summed E-state index contributed by atoms with van der Waals surface area (Å²) >= 11 is 5.91. The lowest BCUT2D eigenvalue weighted by molar-refractivity contribution is -0.111.